The molecule has 0 saturated carbocycles. The molecule has 1 fully saturated rings. The van der Waals surface area contributed by atoms with E-state index in [0.29, 0.717) is 5.69 Å². The first-order valence-electron chi connectivity index (χ1n) is 5.56. The smallest absolute Gasteiger partial charge is 0.340 e. The van der Waals surface area contributed by atoms with Gasteiger partial charge in [0.25, 0.3) is 0 Å². The van der Waals surface area contributed by atoms with Crippen LogP contribution in [0.2, 0.25) is 0 Å². The summed E-state index contributed by atoms with van der Waals surface area (Å²) in [5.74, 6) is -1.01. The van der Waals surface area contributed by atoms with Gasteiger partial charge in [-0.1, -0.05) is 0 Å². The van der Waals surface area contributed by atoms with Crippen molar-refractivity contribution < 1.29 is 19.1 Å². The first-order chi connectivity index (χ1) is 8.63. The minimum atomic E-state index is -0.526. The Morgan fingerprint density at radius 3 is 2.89 bits per heavy atom. The van der Waals surface area contributed by atoms with Crippen LogP contribution in [0.25, 0.3) is 0 Å². The molecule has 0 N–H and O–H groups in total. The van der Waals surface area contributed by atoms with E-state index < -0.39 is 5.97 Å². The van der Waals surface area contributed by atoms with Crippen LogP contribution in [0.5, 0.6) is 0 Å². The van der Waals surface area contributed by atoms with Crippen LogP contribution in [0.1, 0.15) is 23.7 Å². The largest absolute Gasteiger partial charge is 0.462 e. The first-order valence-corrected chi connectivity index (χ1v) is 5.56. The number of anilines is 1. The Kier molecular flexibility index (Phi) is 3.36. The number of amides is 1. The molecule has 18 heavy (non-hydrogen) atoms. The average molecular weight is 248 g/mol. The second kappa shape index (κ2) is 4.95. The molecule has 94 valence electrons. The predicted molar refractivity (Wildman–Crippen MR) is 62.2 cm³/mol. The lowest BCUT2D eigenvalue weighted by molar-refractivity contribution is -0.121. The Morgan fingerprint density at radius 2 is 2.28 bits per heavy atom. The highest BCUT2D eigenvalue weighted by atomic mass is 16.5. The third-order valence-corrected chi connectivity index (χ3v) is 2.57. The maximum absolute atomic E-state index is 11.7. The van der Waals surface area contributed by atoms with Crippen LogP contribution in [0.4, 0.5) is 5.69 Å². The summed E-state index contributed by atoms with van der Waals surface area (Å²) in [5, 5.41) is 0. The number of pyridine rings is 1. The highest BCUT2D eigenvalue weighted by molar-refractivity contribution is 6.16. The molecule has 1 aliphatic rings. The van der Waals surface area contributed by atoms with Gasteiger partial charge in [0.15, 0.2) is 5.78 Å². The number of carbonyl (C=O) groups is 3. The van der Waals surface area contributed by atoms with Crippen LogP contribution in [0.15, 0.2) is 18.5 Å². The van der Waals surface area contributed by atoms with E-state index in [4.69, 9.17) is 4.74 Å². The number of hydrogen-bond donors (Lipinski definition) is 0. The maximum atomic E-state index is 11.7. The van der Waals surface area contributed by atoms with E-state index in [9.17, 15) is 14.4 Å². The van der Waals surface area contributed by atoms with E-state index in [1.165, 1.54) is 23.4 Å². The highest BCUT2D eigenvalue weighted by Gasteiger charge is 2.31. The topological polar surface area (TPSA) is 76.6 Å². The van der Waals surface area contributed by atoms with Gasteiger partial charge in [0, 0.05) is 6.20 Å². The zero-order valence-corrected chi connectivity index (χ0v) is 9.88. The molecule has 1 aromatic rings. The quantitative estimate of drug-likeness (QED) is 0.577. The first kappa shape index (κ1) is 12.2. The number of carbonyl (C=O) groups excluding carboxylic acids is 3. The van der Waals surface area contributed by atoms with Crippen molar-refractivity contribution in [2.24, 2.45) is 0 Å². The molecular formula is C12H12N2O4. The third-order valence-electron chi connectivity index (χ3n) is 2.57. The van der Waals surface area contributed by atoms with E-state index in [0.717, 1.165) is 0 Å². The van der Waals surface area contributed by atoms with E-state index in [-0.39, 0.29) is 36.8 Å². The molecule has 1 amide bonds. The molecule has 6 nitrogen and oxygen atoms in total. The average Bonchev–Trinajstić information content (AvgIpc) is 2.69. The number of esters is 1. The van der Waals surface area contributed by atoms with Gasteiger partial charge in [-0.3, -0.25) is 14.6 Å². The Labute approximate surface area is 104 Å². The van der Waals surface area contributed by atoms with Crippen LogP contribution >= 0.6 is 0 Å². The second-order valence-electron chi connectivity index (χ2n) is 3.81. The molecule has 1 aromatic heterocycles. The van der Waals surface area contributed by atoms with Crippen molar-refractivity contribution in [2.45, 2.75) is 13.3 Å². The molecule has 0 atom stereocenters. The summed E-state index contributed by atoms with van der Waals surface area (Å²) in [6.07, 6.45) is 2.71. The van der Waals surface area contributed by atoms with Gasteiger partial charge in [0.1, 0.15) is 0 Å². The number of hydrogen-bond acceptors (Lipinski definition) is 5. The van der Waals surface area contributed by atoms with Gasteiger partial charge in [-0.25, -0.2) is 4.79 Å². The summed E-state index contributed by atoms with van der Waals surface area (Å²) in [5.41, 5.74) is 0.571. The zero-order valence-electron chi connectivity index (χ0n) is 9.88. The van der Waals surface area contributed by atoms with Gasteiger partial charge >= 0.3 is 5.97 Å². The number of rotatable bonds is 3. The fourth-order valence-corrected chi connectivity index (χ4v) is 1.79. The summed E-state index contributed by atoms with van der Waals surface area (Å²) >= 11 is 0. The SMILES string of the molecule is CCOC(=O)c1ccncc1N1CC(=O)CC1=O. The van der Waals surface area contributed by atoms with Gasteiger partial charge in [-0.15, -0.1) is 0 Å². The molecule has 6 heteroatoms. The van der Waals surface area contributed by atoms with Crippen molar-refractivity contribution in [3.05, 3.63) is 24.0 Å². The van der Waals surface area contributed by atoms with Crippen molar-refractivity contribution in [3.63, 3.8) is 0 Å². The van der Waals surface area contributed by atoms with E-state index in [1.807, 2.05) is 0 Å². The Hall–Kier alpha value is -2.24. The Morgan fingerprint density at radius 1 is 1.50 bits per heavy atom. The van der Waals surface area contributed by atoms with Crippen LogP contribution in [0.3, 0.4) is 0 Å². The molecule has 0 aromatic carbocycles. The lowest BCUT2D eigenvalue weighted by Gasteiger charge is -2.17. The van der Waals surface area contributed by atoms with Crippen molar-refractivity contribution in [3.8, 4) is 0 Å². The summed E-state index contributed by atoms with van der Waals surface area (Å²) in [6.45, 7) is 1.92. The number of ketones is 1. The van der Waals surface area contributed by atoms with Crippen molar-refractivity contribution in [1.29, 1.82) is 0 Å². The minimum Gasteiger partial charge on any atom is -0.462 e. The highest BCUT2D eigenvalue weighted by Crippen LogP contribution is 2.23. The number of ether oxygens (including phenoxy) is 1. The van der Waals surface area contributed by atoms with Gasteiger partial charge in [-0.05, 0) is 13.0 Å². The lowest BCUT2D eigenvalue weighted by atomic mass is 10.2. The van der Waals surface area contributed by atoms with Gasteiger partial charge in [-0.2, -0.15) is 0 Å². The summed E-state index contributed by atoms with van der Waals surface area (Å²) < 4.78 is 4.90. The minimum absolute atomic E-state index is 0.0169. The molecule has 0 spiro atoms. The molecule has 1 saturated heterocycles. The molecule has 2 rings (SSSR count). The fourth-order valence-electron chi connectivity index (χ4n) is 1.79. The normalized spacial score (nSPS) is 15.1. The van der Waals surface area contributed by atoms with E-state index in [1.54, 1.807) is 6.92 Å². The summed E-state index contributed by atoms with van der Waals surface area (Å²) in [6, 6.07) is 1.48. The van der Waals surface area contributed by atoms with Gasteiger partial charge in [0.05, 0.1) is 37.0 Å². The molecule has 2 heterocycles. The second-order valence-corrected chi connectivity index (χ2v) is 3.81. The van der Waals surface area contributed by atoms with Gasteiger partial charge < -0.3 is 9.64 Å². The zero-order chi connectivity index (χ0) is 13.1. The molecule has 0 bridgehead atoms. The van der Waals surface area contributed by atoms with E-state index in [2.05, 4.69) is 4.98 Å². The molecule has 0 radical (unpaired) electrons. The third kappa shape index (κ3) is 2.22. The number of nitrogens with zero attached hydrogens (tertiary/aromatic N) is 2. The number of Topliss-reactive ketones (excluding diaryl/α,β-unsaturated/α-hetero) is 1. The van der Waals surface area contributed by atoms with Gasteiger partial charge in [0.2, 0.25) is 5.91 Å². The number of aromatic nitrogens is 1. The summed E-state index contributed by atoms with van der Waals surface area (Å²) in [7, 11) is 0. The molecule has 0 aliphatic carbocycles. The van der Waals surface area contributed by atoms with Crippen molar-refractivity contribution in [2.75, 3.05) is 18.1 Å². The lowest BCUT2D eigenvalue weighted by Crippen LogP contribution is -2.27. The van der Waals surface area contributed by atoms with Crippen molar-refractivity contribution in [1.82, 2.24) is 4.98 Å². The van der Waals surface area contributed by atoms with Crippen molar-refractivity contribution >= 4 is 23.3 Å². The predicted octanol–water partition coefficient (Wildman–Crippen LogP) is 0.564. The fraction of sp³-hybridized carbons (Fsp3) is 0.333. The standard InChI is InChI=1S/C12H12N2O4/c1-2-18-12(17)9-3-4-13-6-10(9)14-7-8(15)5-11(14)16/h3-4,6H,2,5,7H2,1H3. The van der Waals surface area contributed by atoms with Crippen LogP contribution in [0, 0.1) is 0 Å². The van der Waals surface area contributed by atoms with Crippen LogP contribution < -0.4 is 4.90 Å². The molecule has 0 unspecified atom stereocenters. The van der Waals surface area contributed by atoms with Crippen LogP contribution in [-0.2, 0) is 14.3 Å². The Bertz CT molecular complexity index is 513. The van der Waals surface area contributed by atoms with E-state index >= 15 is 0 Å². The van der Waals surface area contributed by atoms with Crippen LogP contribution in [-0.4, -0.2) is 35.8 Å². The summed E-state index contributed by atoms with van der Waals surface area (Å²) in [4.78, 5) is 39.8. The monoisotopic (exact) mass is 248 g/mol. The maximum Gasteiger partial charge on any atom is 0.340 e. The molecular weight excluding hydrogens is 236 g/mol. The Balaban J connectivity index is 2.36. The molecule has 1 aliphatic heterocycles.